The number of halogens is 2. The number of aromatic amines is 1. The quantitative estimate of drug-likeness (QED) is 0.320. The molecular formula is C26H21Cl2N3O2S. The largest absolute Gasteiger partial charge is 0.454 e. The number of fused-ring (bicyclic) bond motifs is 4. The van der Waals surface area contributed by atoms with Gasteiger partial charge in [0.1, 0.15) is 0 Å². The lowest BCUT2D eigenvalue weighted by molar-refractivity contribution is 0.174. The third kappa shape index (κ3) is 3.76. The average Bonchev–Trinajstić information content (AvgIpc) is 3.47. The summed E-state index contributed by atoms with van der Waals surface area (Å²) in [5, 5.41) is 6.43. The Morgan fingerprint density at radius 2 is 1.88 bits per heavy atom. The summed E-state index contributed by atoms with van der Waals surface area (Å²) < 4.78 is 11.2. The first-order valence-electron chi connectivity index (χ1n) is 11.1. The predicted octanol–water partition coefficient (Wildman–Crippen LogP) is 6.23. The van der Waals surface area contributed by atoms with Crippen LogP contribution in [0.1, 0.15) is 28.4 Å². The van der Waals surface area contributed by atoms with Gasteiger partial charge in [-0.2, -0.15) is 0 Å². The number of H-pyrrole nitrogens is 1. The molecule has 2 N–H and O–H groups in total. The van der Waals surface area contributed by atoms with E-state index in [-0.39, 0.29) is 12.8 Å². The first-order valence-corrected chi connectivity index (χ1v) is 12.2. The molecule has 0 radical (unpaired) electrons. The number of hydrogen-bond acceptors (Lipinski definition) is 3. The van der Waals surface area contributed by atoms with Crippen LogP contribution in [0, 0.1) is 0 Å². The fourth-order valence-electron chi connectivity index (χ4n) is 4.82. The summed E-state index contributed by atoms with van der Waals surface area (Å²) in [4.78, 5) is 5.91. The number of ether oxygens (including phenoxy) is 2. The summed E-state index contributed by atoms with van der Waals surface area (Å²) in [6, 6.07) is 20.1. The van der Waals surface area contributed by atoms with Crippen LogP contribution in [-0.4, -0.2) is 28.3 Å². The van der Waals surface area contributed by atoms with E-state index in [4.69, 9.17) is 44.9 Å². The van der Waals surface area contributed by atoms with Gasteiger partial charge in [-0.15, -0.1) is 0 Å². The average molecular weight is 510 g/mol. The predicted molar refractivity (Wildman–Crippen MR) is 139 cm³/mol. The molecule has 0 unspecified atom stereocenters. The minimum atomic E-state index is -0.0838. The SMILES string of the molecule is S=C(NCc1ccc(Cl)c(Cl)c1)N1CCc2c([nH]c3ccccc23)[C@H]1c1ccc2c(c1)OCO2. The normalized spacial score (nSPS) is 16.5. The molecule has 1 atom stereocenters. The molecule has 4 aromatic rings. The van der Waals surface area contributed by atoms with Crippen LogP contribution >= 0.6 is 35.4 Å². The van der Waals surface area contributed by atoms with Crippen molar-refractivity contribution in [2.75, 3.05) is 13.3 Å². The number of nitrogens with one attached hydrogen (secondary N) is 2. The van der Waals surface area contributed by atoms with Crippen molar-refractivity contribution < 1.29 is 9.47 Å². The summed E-state index contributed by atoms with van der Waals surface area (Å²) in [5.74, 6) is 1.53. The molecule has 0 aliphatic carbocycles. The molecule has 0 saturated carbocycles. The molecule has 2 aliphatic heterocycles. The summed E-state index contributed by atoms with van der Waals surface area (Å²) >= 11 is 18.2. The highest BCUT2D eigenvalue weighted by molar-refractivity contribution is 7.80. The van der Waals surface area contributed by atoms with Gasteiger partial charge < -0.3 is 24.7 Å². The smallest absolute Gasteiger partial charge is 0.231 e. The van der Waals surface area contributed by atoms with Gasteiger partial charge in [-0.25, -0.2) is 0 Å². The lowest BCUT2D eigenvalue weighted by atomic mass is 9.92. The van der Waals surface area contributed by atoms with E-state index in [1.54, 1.807) is 6.07 Å². The first kappa shape index (κ1) is 21.6. The molecule has 172 valence electrons. The van der Waals surface area contributed by atoms with E-state index >= 15 is 0 Å². The fourth-order valence-corrected chi connectivity index (χ4v) is 5.41. The second kappa shape index (κ2) is 8.69. The standard InChI is InChI=1S/C26H21Cl2N3O2S/c27-19-7-5-15(11-20(19)28)13-29-26(34)31-10-9-18-17-3-1-2-4-21(17)30-24(18)25(31)16-6-8-22-23(12-16)33-14-32-22/h1-8,11-12,25,30H,9-10,13-14H2,(H,29,34)/t25-/m1/s1. The Kier molecular flexibility index (Phi) is 5.52. The van der Waals surface area contributed by atoms with E-state index in [0.29, 0.717) is 21.7 Å². The van der Waals surface area contributed by atoms with E-state index in [9.17, 15) is 0 Å². The minimum Gasteiger partial charge on any atom is -0.454 e. The lowest BCUT2D eigenvalue weighted by Crippen LogP contribution is -2.45. The van der Waals surface area contributed by atoms with Crippen LogP contribution in [0.25, 0.3) is 10.9 Å². The van der Waals surface area contributed by atoms with Crippen molar-refractivity contribution in [3.8, 4) is 11.5 Å². The Morgan fingerprint density at radius 1 is 1.03 bits per heavy atom. The third-order valence-electron chi connectivity index (χ3n) is 6.44. The van der Waals surface area contributed by atoms with Crippen LogP contribution in [-0.2, 0) is 13.0 Å². The molecule has 2 aliphatic rings. The maximum absolute atomic E-state index is 6.19. The van der Waals surface area contributed by atoms with Gasteiger partial charge in [0.05, 0.1) is 16.1 Å². The highest BCUT2D eigenvalue weighted by Gasteiger charge is 2.34. The lowest BCUT2D eigenvalue weighted by Gasteiger charge is -2.38. The van der Waals surface area contributed by atoms with Crippen molar-refractivity contribution in [2.45, 2.75) is 19.0 Å². The maximum atomic E-state index is 6.19. The number of rotatable bonds is 3. The number of nitrogens with zero attached hydrogens (tertiary/aromatic N) is 1. The van der Waals surface area contributed by atoms with Gasteiger partial charge in [0, 0.05) is 29.7 Å². The third-order valence-corrected chi connectivity index (χ3v) is 7.55. The van der Waals surface area contributed by atoms with E-state index in [0.717, 1.165) is 46.8 Å². The summed E-state index contributed by atoms with van der Waals surface area (Å²) in [7, 11) is 0. The Balaban J connectivity index is 1.36. The van der Waals surface area contributed by atoms with Gasteiger partial charge in [0.25, 0.3) is 0 Å². The Hall–Kier alpha value is -2.93. The molecule has 3 heterocycles. The highest BCUT2D eigenvalue weighted by Crippen LogP contribution is 2.42. The number of aromatic nitrogens is 1. The molecule has 6 rings (SSSR count). The minimum absolute atomic E-state index is 0.0838. The van der Waals surface area contributed by atoms with E-state index in [1.165, 1.54) is 10.9 Å². The van der Waals surface area contributed by atoms with Crippen LogP contribution in [0.5, 0.6) is 11.5 Å². The van der Waals surface area contributed by atoms with Crippen molar-refractivity contribution in [3.63, 3.8) is 0 Å². The number of para-hydroxylation sites is 1. The monoisotopic (exact) mass is 509 g/mol. The zero-order valence-electron chi connectivity index (χ0n) is 18.1. The van der Waals surface area contributed by atoms with E-state index in [2.05, 4.69) is 51.6 Å². The number of hydrogen-bond donors (Lipinski definition) is 2. The summed E-state index contributed by atoms with van der Waals surface area (Å²) in [5.41, 5.74) is 5.73. The Labute approximate surface area is 212 Å². The van der Waals surface area contributed by atoms with Crippen molar-refractivity contribution >= 4 is 51.4 Å². The number of thiocarbonyl (C=S) groups is 1. The zero-order valence-corrected chi connectivity index (χ0v) is 20.4. The van der Waals surface area contributed by atoms with Gasteiger partial charge >= 0.3 is 0 Å². The van der Waals surface area contributed by atoms with Crippen LogP contribution < -0.4 is 14.8 Å². The zero-order chi connectivity index (χ0) is 23.2. The molecule has 0 saturated heterocycles. The van der Waals surface area contributed by atoms with Gasteiger partial charge in [-0.1, -0.05) is 53.5 Å². The Bertz CT molecular complexity index is 1420. The van der Waals surface area contributed by atoms with Crippen molar-refractivity contribution in [3.05, 3.63) is 93.1 Å². The van der Waals surface area contributed by atoms with Crippen LogP contribution in [0.15, 0.2) is 60.7 Å². The van der Waals surface area contributed by atoms with Gasteiger partial charge in [0.2, 0.25) is 6.79 Å². The van der Waals surface area contributed by atoms with Crippen molar-refractivity contribution in [1.82, 2.24) is 15.2 Å². The fraction of sp³-hybridized carbons (Fsp3) is 0.192. The molecule has 0 spiro atoms. The topological polar surface area (TPSA) is 49.5 Å². The van der Waals surface area contributed by atoms with Crippen molar-refractivity contribution in [2.24, 2.45) is 0 Å². The maximum Gasteiger partial charge on any atom is 0.231 e. The molecule has 0 bridgehead atoms. The number of benzene rings is 3. The van der Waals surface area contributed by atoms with Crippen LogP contribution in [0.2, 0.25) is 10.0 Å². The van der Waals surface area contributed by atoms with Gasteiger partial charge in [-0.05, 0) is 65.7 Å². The van der Waals surface area contributed by atoms with Gasteiger partial charge in [-0.3, -0.25) is 0 Å². The molecule has 0 amide bonds. The molecule has 1 aromatic heterocycles. The molecule has 3 aromatic carbocycles. The first-order chi connectivity index (χ1) is 16.6. The summed E-state index contributed by atoms with van der Waals surface area (Å²) in [6.07, 6.45) is 0.898. The Morgan fingerprint density at radius 3 is 2.76 bits per heavy atom. The molecular weight excluding hydrogens is 489 g/mol. The van der Waals surface area contributed by atoms with Crippen molar-refractivity contribution in [1.29, 1.82) is 0 Å². The molecule has 8 heteroatoms. The molecule has 5 nitrogen and oxygen atoms in total. The second-order valence-electron chi connectivity index (χ2n) is 8.43. The highest BCUT2D eigenvalue weighted by atomic mass is 35.5. The van der Waals surface area contributed by atoms with Crippen LogP contribution in [0.4, 0.5) is 0 Å². The molecule has 0 fully saturated rings. The van der Waals surface area contributed by atoms with E-state index < -0.39 is 0 Å². The summed E-state index contributed by atoms with van der Waals surface area (Å²) in [6.45, 7) is 1.59. The van der Waals surface area contributed by atoms with Gasteiger partial charge in [0.15, 0.2) is 16.6 Å². The van der Waals surface area contributed by atoms with Crippen LogP contribution in [0.3, 0.4) is 0 Å². The molecule has 34 heavy (non-hydrogen) atoms. The second-order valence-corrected chi connectivity index (χ2v) is 9.63. The van der Waals surface area contributed by atoms with E-state index in [1.807, 2.05) is 18.2 Å².